The molecule has 1 aromatic heterocycles. The highest BCUT2D eigenvalue weighted by Crippen LogP contribution is 2.60. The fourth-order valence-corrected chi connectivity index (χ4v) is 10.0. The Morgan fingerprint density at radius 1 is 0.747 bits per heavy atom. The number of phosphoric acid groups is 2. The van der Waals surface area contributed by atoms with Crippen LogP contribution in [0.25, 0.3) is 0 Å². The van der Waals surface area contributed by atoms with Gasteiger partial charge in [0.15, 0.2) is 12.3 Å². The second-order valence-electron chi connectivity index (χ2n) is 19.4. The number of nitrogens with zero attached hydrogens (tertiary/aromatic N) is 2. The third-order valence-electron chi connectivity index (χ3n) is 12.1. The van der Waals surface area contributed by atoms with Crippen molar-refractivity contribution in [2.75, 3.05) is 25.6 Å². The van der Waals surface area contributed by atoms with E-state index >= 15 is 0 Å². The number of phosphoric ester groups is 2. The van der Waals surface area contributed by atoms with E-state index in [1.54, 1.807) is 12.2 Å². The highest BCUT2D eigenvalue weighted by molar-refractivity contribution is 7.61. The van der Waals surface area contributed by atoms with E-state index in [0.29, 0.717) is 32.1 Å². The summed E-state index contributed by atoms with van der Waals surface area (Å²) in [5, 5.41) is 31.0. The molecule has 1 aliphatic rings. The summed E-state index contributed by atoms with van der Waals surface area (Å²) in [6.45, 7) is 4.25. The molecule has 0 aromatic carbocycles. The quantitative estimate of drug-likeness (QED) is 0.0116. The van der Waals surface area contributed by atoms with Crippen molar-refractivity contribution in [3.05, 3.63) is 83.5 Å². The first-order valence-electron chi connectivity index (χ1n) is 27.3. The maximum absolute atomic E-state index is 12.9. The van der Waals surface area contributed by atoms with Crippen molar-refractivity contribution in [1.29, 1.82) is 0 Å². The zero-order valence-corrected chi connectivity index (χ0v) is 46.7. The van der Waals surface area contributed by atoms with Gasteiger partial charge in [0.1, 0.15) is 30.7 Å². The number of aromatic nitrogens is 2. The molecule has 21 heteroatoms. The van der Waals surface area contributed by atoms with Gasteiger partial charge in [-0.15, -0.1) is 0 Å². The van der Waals surface area contributed by atoms with Gasteiger partial charge in [0, 0.05) is 19.0 Å². The average molecular weight is 1100 g/mol. The number of anilines is 1. The monoisotopic (exact) mass is 1100 g/mol. The summed E-state index contributed by atoms with van der Waals surface area (Å²) >= 11 is 0. The highest BCUT2D eigenvalue weighted by atomic mass is 31.3. The van der Waals surface area contributed by atoms with Crippen LogP contribution in [0.5, 0.6) is 0 Å². The van der Waals surface area contributed by atoms with Crippen LogP contribution in [-0.2, 0) is 46.3 Å². The van der Waals surface area contributed by atoms with Crippen LogP contribution in [0, 0.1) is 5.92 Å². The summed E-state index contributed by atoms with van der Waals surface area (Å²) in [6.07, 6.45) is 36.2. The fourth-order valence-electron chi connectivity index (χ4n) is 7.91. The van der Waals surface area contributed by atoms with Crippen molar-refractivity contribution in [2.45, 2.75) is 218 Å². The summed E-state index contributed by atoms with van der Waals surface area (Å²) in [6, 6.07) is 1.24. The first kappa shape index (κ1) is 67.5. The maximum Gasteiger partial charge on any atom is 0.481 e. The van der Waals surface area contributed by atoms with Crippen molar-refractivity contribution >= 4 is 33.4 Å². The number of nitrogens with two attached hydrogens (primary N) is 1. The van der Waals surface area contributed by atoms with Gasteiger partial charge in [-0.2, -0.15) is 9.29 Å². The smallest absolute Gasteiger partial charge is 0.462 e. The molecule has 2 rings (SSSR count). The highest BCUT2D eigenvalue weighted by Gasteiger charge is 2.46. The summed E-state index contributed by atoms with van der Waals surface area (Å²) in [5.41, 5.74) is 4.58. The molecule has 7 N–H and O–H groups in total. The normalized spacial score (nSPS) is 19.7. The molecule has 2 heterocycles. The second-order valence-corrected chi connectivity index (χ2v) is 22.4. The van der Waals surface area contributed by atoms with E-state index < -0.39 is 89.8 Å². The van der Waals surface area contributed by atoms with Crippen molar-refractivity contribution in [3.8, 4) is 0 Å². The Morgan fingerprint density at radius 2 is 1.32 bits per heavy atom. The van der Waals surface area contributed by atoms with Crippen molar-refractivity contribution in [2.24, 2.45) is 5.92 Å². The molecule has 1 fully saturated rings. The van der Waals surface area contributed by atoms with Crippen LogP contribution in [-0.4, -0.2) is 96.9 Å². The van der Waals surface area contributed by atoms with Gasteiger partial charge in [-0.25, -0.2) is 13.9 Å². The van der Waals surface area contributed by atoms with E-state index in [1.165, 1.54) is 83.1 Å². The first-order chi connectivity index (χ1) is 35.9. The molecule has 428 valence electrons. The lowest BCUT2D eigenvalue weighted by Gasteiger charge is -2.21. The topological polar surface area (TPSA) is 286 Å². The van der Waals surface area contributed by atoms with E-state index in [1.807, 2.05) is 36.5 Å². The molecule has 0 amide bonds. The Hall–Kier alpha value is -3.58. The third-order valence-corrected chi connectivity index (χ3v) is 14.7. The molecule has 0 saturated carbocycles. The van der Waals surface area contributed by atoms with Gasteiger partial charge in [-0.3, -0.25) is 23.2 Å². The van der Waals surface area contributed by atoms with Gasteiger partial charge in [0.05, 0.1) is 19.3 Å². The van der Waals surface area contributed by atoms with E-state index in [4.69, 9.17) is 29.0 Å². The van der Waals surface area contributed by atoms with Crippen molar-refractivity contribution in [3.63, 3.8) is 0 Å². The molecule has 1 saturated heterocycles. The number of allylic oxidation sites excluding steroid dienone is 8. The van der Waals surface area contributed by atoms with E-state index in [9.17, 15) is 48.6 Å². The van der Waals surface area contributed by atoms with E-state index in [2.05, 4.69) is 42.2 Å². The van der Waals surface area contributed by atoms with Gasteiger partial charge in [-0.1, -0.05) is 184 Å². The lowest BCUT2D eigenvalue weighted by Crippen LogP contribution is -2.36. The Labute approximate surface area is 445 Å². The van der Waals surface area contributed by atoms with Crippen LogP contribution in [0.2, 0.25) is 0 Å². The summed E-state index contributed by atoms with van der Waals surface area (Å²) in [7, 11) is -10.9. The number of carbonyl (C=O) groups excluding carboxylic acids is 2. The Balaban J connectivity index is 1.81. The molecule has 3 unspecified atom stereocenters. The van der Waals surface area contributed by atoms with Crippen LogP contribution < -0.4 is 11.4 Å². The molecular weight excluding hydrogens is 1010 g/mol. The number of rotatable bonds is 44. The minimum atomic E-state index is -5.45. The van der Waals surface area contributed by atoms with Crippen molar-refractivity contribution in [1.82, 2.24) is 9.55 Å². The summed E-state index contributed by atoms with van der Waals surface area (Å²) in [5.74, 6) is -0.605. The van der Waals surface area contributed by atoms with Crippen LogP contribution in [0.3, 0.4) is 0 Å². The lowest BCUT2D eigenvalue weighted by molar-refractivity contribution is -0.161. The zero-order valence-electron chi connectivity index (χ0n) is 44.9. The summed E-state index contributed by atoms with van der Waals surface area (Å²) < 4.78 is 56.8. The Morgan fingerprint density at radius 3 is 1.95 bits per heavy atom. The van der Waals surface area contributed by atoms with Crippen molar-refractivity contribution < 1.29 is 71.4 Å². The van der Waals surface area contributed by atoms with Gasteiger partial charge in [-0.05, 0) is 56.9 Å². The SMILES string of the molecule is CC/C=C\C/C=C\CC(O)/C=C/C=C\C/C=C\CCCC(=O)OC[C@H](COP(=O)(O)OP(=O)(O)OC[C@H]1O[C@@H](n2ccc(N)nc2=O)[C@H](O)[C@@H]1O)OC(=O)CCCCCCCCCCCCCCCCCCC(C)C. The Bertz CT molecular complexity index is 2030. The van der Waals surface area contributed by atoms with Crippen LogP contribution in [0.1, 0.15) is 188 Å². The largest absolute Gasteiger partial charge is 0.481 e. The van der Waals surface area contributed by atoms with Gasteiger partial charge < -0.3 is 45.1 Å². The predicted molar refractivity (Wildman–Crippen MR) is 290 cm³/mol. The zero-order chi connectivity index (χ0) is 55.2. The molecule has 75 heavy (non-hydrogen) atoms. The predicted octanol–water partition coefficient (Wildman–Crippen LogP) is 10.7. The number of nitrogen functional groups attached to an aromatic ring is 1. The number of hydrogen-bond donors (Lipinski definition) is 6. The first-order valence-corrected chi connectivity index (χ1v) is 30.3. The molecule has 0 aliphatic carbocycles. The number of aliphatic hydroxyl groups is 3. The molecule has 0 spiro atoms. The standard InChI is InChI=1S/C54H91N3O16P2/c1-4-5-6-7-25-30-35-45(58)36-31-26-21-18-19-22-27-32-37-49(59)68-41-46(71-50(60)38-33-28-23-17-15-13-11-9-8-10-12-14-16-20-24-29-34-44(2)3)42-69-74(64,65)73-75(66,67)70-43-47-51(61)52(62)53(72-47)57-40-39-48(55)56-54(57)63/h5-6,19,21-22,25-26,30-31,36,39-40,44-47,51-53,58,61-62H,4,7-18,20,23-24,27-29,32-35,37-38,41-43H2,1-3H3,(H,64,65)(H,66,67)(H2,55,56,63)/b6-5-,22-19-,26-21-,30-25-,36-31+/t45?,46-,47-,51-,52-,53-/m1/s1. The molecule has 1 aromatic rings. The molecular formula is C54H91N3O16P2. The fraction of sp³-hybridized carbons (Fsp3) is 0.704. The number of ether oxygens (including phenoxy) is 3. The van der Waals surface area contributed by atoms with E-state index in [0.717, 1.165) is 55.2 Å². The van der Waals surface area contributed by atoms with Crippen LogP contribution >= 0.6 is 15.6 Å². The lowest BCUT2D eigenvalue weighted by atomic mass is 10.0. The van der Waals surface area contributed by atoms with Gasteiger partial charge >= 0.3 is 33.3 Å². The van der Waals surface area contributed by atoms with Crippen LogP contribution in [0.4, 0.5) is 5.82 Å². The van der Waals surface area contributed by atoms with Gasteiger partial charge in [0.2, 0.25) is 0 Å². The molecule has 8 atom stereocenters. The number of unbranched alkanes of at least 4 members (excludes halogenated alkanes) is 16. The number of aliphatic hydroxyl groups excluding tert-OH is 3. The second kappa shape index (κ2) is 40.6. The maximum atomic E-state index is 12.9. The number of hydrogen-bond acceptors (Lipinski definition) is 16. The minimum Gasteiger partial charge on any atom is -0.462 e. The summed E-state index contributed by atoms with van der Waals surface area (Å²) in [4.78, 5) is 62.0. The van der Waals surface area contributed by atoms with Gasteiger partial charge in [0.25, 0.3) is 0 Å². The average Bonchev–Trinajstić information content (AvgIpc) is 3.63. The Kier molecular flexibility index (Phi) is 36.6. The number of carbonyl (C=O) groups is 2. The number of esters is 2. The minimum absolute atomic E-state index is 0.0158. The molecule has 1 aliphatic heterocycles. The third kappa shape index (κ3) is 34.0. The van der Waals surface area contributed by atoms with E-state index in [-0.39, 0.29) is 18.7 Å². The molecule has 0 bridgehead atoms. The molecule has 19 nitrogen and oxygen atoms in total. The molecule has 0 radical (unpaired) electrons. The van der Waals surface area contributed by atoms with Crippen LogP contribution in [0.15, 0.2) is 77.8 Å².